The number of ketones is 1. The average molecular weight is 595 g/mol. The Morgan fingerprint density at radius 2 is 1.90 bits per heavy atom. The number of nitrogens with zero attached hydrogens (tertiary/aromatic N) is 2. The van der Waals surface area contributed by atoms with Gasteiger partial charge in [0.25, 0.3) is 0 Å². The largest absolute Gasteiger partial charge is 0.469 e. The first-order chi connectivity index (χ1) is 20.2. The van der Waals surface area contributed by atoms with Gasteiger partial charge in [0.1, 0.15) is 5.82 Å². The number of anilines is 1. The highest BCUT2D eigenvalue weighted by atomic mass is 32.1. The number of fused-ring (bicyclic) bond motifs is 2. The van der Waals surface area contributed by atoms with E-state index in [0.29, 0.717) is 24.4 Å². The molecule has 228 valence electrons. The standard InChI is InChI=1S/C21H33N3O3.C12H13NOS/c1-15(2)18(21(26)27-3)12-14-22-19(25)9-5-4-8-17-11-10-16-7-6-13-23-20(16)24-17;1-3-4-9-5-6-10-11(7-9)15-12(13-10)8(2)14/h10-11,15,18H,4-9,12-14H2,1-3H3,(H,22,25)(H,23,24);5-7H,3-4H2,1-2H3. The summed E-state index contributed by atoms with van der Waals surface area (Å²) in [6.45, 7) is 9.22. The number of pyridine rings is 1. The Hall–Kier alpha value is -3.33. The minimum Gasteiger partial charge on any atom is -0.469 e. The molecule has 0 aliphatic carbocycles. The Bertz CT molecular complexity index is 1340. The molecule has 4 rings (SSSR count). The fourth-order valence-electron chi connectivity index (χ4n) is 4.99. The van der Waals surface area contributed by atoms with Gasteiger partial charge >= 0.3 is 5.97 Å². The second-order valence-corrected chi connectivity index (χ2v) is 12.2. The van der Waals surface area contributed by atoms with Crippen LogP contribution < -0.4 is 10.6 Å². The summed E-state index contributed by atoms with van der Waals surface area (Å²) in [6.07, 6.45) is 8.28. The molecule has 9 heteroatoms. The number of amides is 1. The Morgan fingerprint density at radius 1 is 1.10 bits per heavy atom. The van der Waals surface area contributed by atoms with Crippen LogP contribution in [0, 0.1) is 11.8 Å². The lowest BCUT2D eigenvalue weighted by molar-refractivity contribution is -0.147. The smallest absolute Gasteiger partial charge is 0.308 e. The number of aryl methyl sites for hydroxylation is 3. The molecule has 0 saturated carbocycles. The maximum absolute atomic E-state index is 12.0. The van der Waals surface area contributed by atoms with Crippen molar-refractivity contribution in [1.82, 2.24) is 15.3 Å². The van der Waals surface area contributed by atoms with Gasteiger partial charge in [-0.15, -0.1) is 11.3 Å². The number of aromatic nitrogens is 2. The summed E-state index contributed by atoms with van der Waals surface area (Å²) in [4.78, 5) is 43.8. The molecule has 1 aliphatic rings. The zero-order valence-electron chi connectivity index (χ0n) is 25.8. The van der Waals surface area contributed by atoms with Crippen LogP contribution in [0.15, 0.2) is 30.3 Å². The van der Waals surface area contributed by atoms with Gasteiger partial charge in [-0.25, -0.2) is 9.97 Å². The third-order valence-corrected chi connectivity index (χ3v) is 8.54. The topological polar surface area (TPSA) is 110 Å². The van der Waals surface area contributed by atoms with Crippen LogP contribution in [-0.4, -0.2) is 47.8 Å². The molecule has 0 spiro atoms. The van der Waals surface area contributed by atoms with Crippen molar-refractivity contribution in [2.45, 2.75) is 85.5 Å². The molecule has 1 atom stereocenters. The van der Waals surface area contributed by atoms with Crippen molar-refractivity contribution >= 4 is 45.0 Å². The number of hydrogen-bond acceptors (Lipinski definition) is 8. The first-order valence-corrected chi connectivity index (χ1v) is 16.0. The minimum absolute atomic E-state index is 0.0439. The normalized spacial score (nSPS) is 13.0. The van der Waals surface area contributed by atoms with E-state index in [1.165, 1.54) is 36.0 Å². The number of carbonyl (C=O) groups excluding carboxylic acids is 3. The molecule has 2 aromatic heterocycles. The number of hydrogen-bond donors (Lipinski definition) is 2. The summed E-state index contributed by atoms with van der Waals surface area (Å²) in [5.74, 6) is 0.954. The van der Waals surface area contributed by atoms with E-state index in [0.717, 1.165) is 66.8 Å². The van der Waals surface area contributed by atoms with E-state index in [1.807, 2.05) is 19.9 Å². The quantitative estimate of drug-likeness (QED) is 0.131. The molecule has 0 saturated heterocycles. The van der Waals surface area contributed by atoms with Crippen LogP contribution >= 0.6 is 11.3 Å². The van der Waals surface area contributed by atoms with Gasteiger partial charge in [-0.3, -0.25) is 14.4 Å². The number of methoxy groups -OCH3 is 1. The van der Waals surface area contributed by atoms with E-state index in [2.05, 4.69) is 51.8 Å². The second kappa shape index (κ2) is 16.9. The van der Waals surface area contributed by atoms with E-state index >= 15 is 0 Å². The molecule has 0 bridgehead atoms. The Labute approximate surface area is 254 Å². The molecule has 1 aromatic carbocycles. The Morgan fingerprint density at radius 3 is 2.62 bits per heavy atom. The number of rotatable bonds is 13. The maximum Gasteiger partial charge on any atom is 0.308 e. The fourth-order valence-corrected chi connectivity index (χ4v) is 5.92. The van der Waals surface area contributed by atoms with Crippen LogP contribution in [0.5, 0.6) is 0 Å². The number of esters is 1. The summed E-state index contributed by atoms with van der Waals surface area (Å²) >= 11 is 1.48. The van der Waals surface area contributed by atoms with Crippen molar-refractivity contribution < 1.29 is 19.1 Å². The molecule has 3 heterocycles. The fraction of sp³-hybridized carbons (Fsp3) is 0.545. The van der Waals surface area contributed by atoms with Gasteiger partial charge in [0.2, 0.25) is 5.91 Å². The van der Waals surface area contributed by atoms with Gasteiger partial charge in [-0.05, 0) is 80.2 Å². The highest BCUT2D eigenvalue weighted by Gasteiger charge is 2.22. The molecule has 8 nitrogen and oxygen atoms in total. The van der Waals surface area contributed by atoms with E-state index in [-0.39, 0.29) is 29.5 Å². The number of carbonyl (C=O) groups is 3. The highest BCUT2D eigenvalue weighted by molar-refractivity contribution is 7.20. The van der Waals surface area contributed by atoms with Crippen molar-refractivity contribution in [2.75, 3.05) is 25.5 Å². The predicted octanol–water partition coefficient (Wildman–Crippen LogP) is 6.56. The van der Waals surface area contributed by atoms with Crippen molar-refractivity contribution in [3.63, 3.8) is 0 Å². The van der Waals surface area contributed by atoms with E-state index in [4.69, 9.17) is 4.74 Å². The molecular formula is C33H46N4O4S. The molecule has 0 radical (unpaired) electrons. The van der Waals surface area contributed by atoms with Crippen LogP contribution in [-0.2, 0) is 33.6 Å². The Kier molecular flexibility index (Phi) is 13.4. The number of Topliss-reactive ketones (excluding diaryl/α,β-unsaturated/α-hetero) is 1. The van der Waals surface area contributed by atoms with Gasteiger partial charge < -0.3 is 15.4 Å². The molecule has 2 N–H and O–H groups in total. The molecule has 0 fully saturated rings. The summed E-state index contributed by atoms with van der Waals surface area (Å²) in [7, 11) is 1.41. The van der Waals surface area contributed by atoms with Gasteiger partial charge in [0.05, 0.1) is 23.2 Å². The monoisotopic (exact) mass is 594 g/mol. The van der Waals surface area contributed by atoms with Gasteiger partial charge in [0.15, 0.2) is 10.8 Å². The van der Waals surface area contributed by atoms with E-state index < -0.39 is 0 Å². The van der Waals surface area contributed by atoms with Crippen LogP contribution in [0.2, 0.25) is 0 Å². The third kappa shape index (κ3) is 10.2. The number of ether oxygens (including phenoxy) is 1. The predicted molar refractivity (Wildman–Crippen MR) is 170 cm³/mol. The lowest BCUT2D eigenvalue weighted by Crippen LogP contribution is -2.30. The molecule has 1 aliphatic heterocycles. The van der Waals surface area contributed by atoms with Crippen molar-refractivity contribution in [2.24, 2.45) is 11.8 Å². The SMILES string of the molecule is CCCc1ccc2nc(C(C)=O)sc2c1.COC(=O)C(CCNC(=O)CCCCc1ccc2c(n1)NCCC2)C(C)C. The average Bonchev–Trinajstić information content (AvgIpc) is 3.41. The number of unbranched alkanes of at least 4 members (excludes halogenated alkanes) is 1. The summed E-state index contributed by atoms with van der Waals surface area (Å²) in [5.41, 5.74) is 4.64. The van der Waals surface area contributed by atoms with Gasteiger partial charge in [-0.1, -0.05) is 39.3 Å². The first kappa shape index (κ1) is 33.2. The summed E-state index contributed by atoms with van der Waals surface area (Å²) in [5, 5.41) is 6.88. The molecular weight excluding hydrogens is 548 g/mol. The van der Waals surface area contributed by atoms with Crippen LogP contribution in [0.4, 0.5) is 5.82 Å². The minimum atomic E-state index is -0.203. The lowest BCUT2D eigenvalue weighted by atomic mass is 9.92. The summed E-state index contributed by atoms with van der Waals surface area (Å²) < 4.78 is 5.94. The zero-order chi connectivity index (χ0) is 30.5. The van der Waals surface area contributed by atoms with Crippen molar-refractivity contribution in [3.05, 3.63) is 52.2 Å². The Balaban J connectivity index is 0.000000271. The second-order valence-electron chi connectivity index (χ2n) is 11.2. The van der Waals surface area contributed by atoms with Gasteiger partial charge in [0, 0.05) is 32.1 Å². The zero-order valence-corrected chi connectivity index (χ0v) is 26.6. The van der Waals surface area contributed by atoms with Gasteiger partial charge in [-0.2, -0.15) is 0 Å². The lowest BCUT2D eigenvalue weighted by Gasteiger charge is -2.18. The van der Waals surface area contributed by atoms with E-state index in [1.54, 1.807) is 6.92 Å². The molecule has 3 aromatic rings. The maximum atomic E-state index is 12.0. The number of benzene rings is 1. The van der Waals surface area contributed by atoms with Crippen molar-refractivity contribution in [3.8, 4) is 0 Å². The van der Waals surface area contributed by atoms with E-state index in [9.17, 15) is 14.4 Å². The first-order valence-electron chi connectivity index (χ1n) is 15.2. The van der Waals surface area contributed by atoms with Crippen LogP contribution in [0.3, 0.4) is 0 Å². The summed E-state index contributed by atoms with van der Waals surface area (Å²) in [6, 6.07) is 10.5. The molecule has 1 unspecified atom stereocenters. The molecule has 42 heavy (non-hydrogen) atoms. The number of thiazole rings is 1. The molecule has 1 amide bonds. The van der Waals surface area contributed by atoms with Crippen LogP contribution in [0.1, 0.15) is 92.8 Å². The number of nitrogens with one attached hydrogen (secondary N) is 2. The third-order valence-electron chi connectivity index (χ3n) is 7.42. The highest BCUT2D eigenvalue weighted by Crippen LogP contribution is 2.24. The van der Waals surface area contributed by atoms with Crippen LogP contribution in [0.25, 0.3) is 10.2 Å². The van der Waals surface area contributed by atoms with Crippen molar-refractivity contribution in [1.29, 1.82) is 0 Å².